The first-order valence-corrected chi connectivity index (χ1v) is 12.6. The minimum Gasteiger partial charge on any atom is -0.387 e. The first-order valence-electron chi connectivity index (χ1n) is 12.6. The quantitative estimate of drug-likeness (QED) is 0.603. The minimum absolute atomic E-state index is 0.00530. The Bertz CT molecular complexity index is 1120. The third-order valence-electron chi connectivity index (χ3n) is 6.45. The number of benzene rings is 2. The van der Waals surface area contributed by atoms with Crippen LogP contribution >= 0.6 is 0 Å². The molecule has 2 aromatic carbocycles. The third kappa shape index (κ3) is 5.91. The zero-order valence-corrected chi connectivity index (χ0v) is 20.7. The van der Waals surface area contributed by atoms with Crippen molar-refractivity contribution in [3.63, 3.8) is 0 Å². The van der Waals surface area contributed by atoms with Crippen LogP contribution in [0.15, 0.2) is 59.1 Å². The van der Waals surface area contributed by atoms with Crippen molar-refractivity contribution in [3.05, 3.63) is 65.2 Å². The van der Waals surface area contributed by atoms with Gasteiger partial charge in [-0.15, -0.1) is 0 Å². The average Bonchev–Trinajstić information content (AvgIpc) is 3.25. The van der Waals surface area contributed by atoms with Crippen molar-refractivity contribution in [2.45, 2.75) is 45.6 Å². The molecule has 2 aliphatic rings. The second-order valence-electron chi connectivity index (χ2n) is 9.26. The summed E-state index contributed by atoms with van der Waals surface area (Å²) in [6, 6.07) is 15.8. The van der Waals surface area contributed by atoms with Crippen LogP contribution in [0.1, 0.15) is 55.5 Å². The second-order valence-corrected chi connectivity index (χ2v) is 9.26. The zero-order valence-electron chi connectivity index (χ0n) is 20.7. The predicted molar refractivity (Wildman–Crippen MR) is 142 cm³/mol. The van der Waals surface area contributed by atoms with Gasteiger partial charge in [0, 0.05) is 61.0 Å². The molecule has 7 heteroatoms. The molecule has 0 bridgehead atoms. The molecule has 0 radical (unpaired) electrons. The molecular formula is C28H35N5O2. The monoisotopic (exact) mass is 473 g/mol. The molecule has 2 aliphatic heterocycles. The summed E-state index contributed by atoms with van der Waals surface area (Å²) in [6.07, 6.45) is 4.88. The lowest BCUT2D eigenvalue weighted by molar-refractivity contribution is -0.127. The van der Waals surface area contributed by atoms with Gasteiger partial charge in [0.25, 0.3) is 5.91 Å². The van der Waals surface area contributed by atoms with Crippen LogP contribution < -0.4 is 16.0 Å². The summed E-state index contributed by atoms with van der Waals surface area (Å²) in [5.74, 6) is 0.261. The van der Waals surface area contributed by atoms with E-state index >= 15 is 0 Å². The summed E-state index contributed by atoms with van der Waals surface area (Å²) in [7, 11) is 0. The minimum atomic E-state index is -0.122. The molecule has 3 N–H and O–H groups in total. The number of nitrogens with two attached hydrogens (primary N) is 1. The van der Waals surface area contributed by atoms with Crippen LogP contribution in [0.2, 0.25) is 0 Å². The van der Waals surface area contributed by atoms with Crippen LogP contribution in [0.4, 0.5) is 11.4 Å². The van der Waals surface area contributed by atoms with Gasteiger partial charge in [-0.1, -0.05) is 38.1 Å². The normalized spacial score (nSPS) is 17.2. The van der Waals surface area contributed by atoms with E-state index in [0.717, 1.165) is 51.0 Å². The number of amidine groups is 1. The van der Waals surface area contributed by atoms with Gasteiger partial charge in [0.2, 0.25) is 5.91 Å². The topological polar surface area (TPSA) is 91.0 Å². The summed E-state index contributed by atoms with van der Waals surface area (Å²) in [5.41, 5.74) is 9.96. The van der Waals surface area contributed by atoms with E-state index in [0.29, 0.717) is 29.1 Å². The molecule has 35 heavy (non-hydrogen) atoms. The number of nitrogens with zero attached hydrogens (tertiary/aromatic N) is 3. The fourth-order valence-electron chi connectivity index (χ4n) is 4.75. The molecule has 2 heterocycles. The number of anilines is 1. The average molecular weight is 474 g/mol. The van der Waals surface area contributed by atoms with E-state index < -0.39 is 0 Å². The number of amides is 2. The Kier molecular flexibility index (Phi) is 7.85. The summed E-state index contributed by atoms with van der Waals surface area (Å²) >= 11 is 0. The van der Waals surface area contributed by atoms with Gasteiger partial charge in [0.15, 0.2) is 0 Å². The smallest absolute Gasteiger partial charge is 0.251 e. The van der Waals surface area contributed by atoms with Gasteiger partial charge in [-0.2, -0.15) is 0 Å². The molecule has 0 spiro atoms. The highest BCUT2D eigenvalue weighted by Crippen LogP contribution is 2.29. The predicted octanol–water partition coefficient (Wildman–Crippen LogP) is 4.12. The first-order chi connectivity index (χ1) is 17.0. The summed E-state index contributed by atoms with van der Waals surface area (Å²) in [4.78, 5) is 34.9. The molecule has 184 valence electrons. The number of carbonyl (C=O) groups is 2. The number of carbonyl (C=O) groups excluding carboxylic acids is 2. The molecule has 1 atom stereocenters. The Morgan fingerprint density at radius 2 is 1.86 bits per heavy atom. The van der Waals surface area contributed by atoms with E-state index in [1.165, 1.54) is 5.69 Å². The largest absolute Gasteiger partial charge is 0.387 e. The molecule has 2 amide bonds. The summed E-state index contributed by atoms with van der Waals surface area (Å²) in [6.45, 7) is 7.27. The van der Waals surface area contributed by atoms with E-state index in [1.807, 2.05) is 35.2 Å². The molecule has 0 unspecified atom stereocenters. The third-order valence-corrected chi connectivity index (χ3v) is 6.45. The fraction of sp³-hybridized carbons (Fsp3) is 0.393. The molecule has 1 fully saturated rings. The Balaban J connectivity index is 1.48. The standard InChI is InChI=1S/C28H35N5O2/c1-3-13-32(14-4-2)28(35)22-16-20-10-11-21(17-25(20)31-26(29)18-22)27(34)30-23-12-15-33(19-23)24-8-6-5-7-9-24/h5-11,16-17,23H,3-4,12-15,18-19H2,1-2H3,(H2,29,31)(H,30,34)/t23-/m0/s1. The van der Waals surface area contributed by atoms with Crippen molar-refractivity contribution in [3.8, 4) is 0 Å². The Hall–Kier alpha value is -3.61. The maximum Gasteiger partial charge on any atom is 0.251 e. The number of rotatable bonds is 8. The van der Waals surface area contributed by atoms with Crippen LogP contribution in [-0.2, 0) is 4.79 Å². The van der Waals surface area contributed by atoms with E-state index in [1.54, 1.807) is 12.1 Å². The molecule has 0 saturated carbocycles. The van der Waals surface area contributed by atoms with E-state index in [4.69, 9.17) is 5.73 Å². The molecular weight excluding hydrogens is 438 g/mol. The van der Waals surface area contributed by atoms with Gasteiger partial charge < -0.3 is 20.9 Å². The number of aliphatic imine (C=N–C) groups is 1. The van der Waals surface area contributed by atoms with Crippen LogP contribution in [0.5, 0.6) is 0 Å². The summed E-state index contributed by atoms with van der Waals surface area (Å²) < 4.78 is 0. The number of nitrogens with one attached hydrogen (secondary N) is 1. The van der Waals surface area contributed by atoms with E-state index in [2.05, 4.69) is 41.2 Å². The molecule has 0 aromatic heterocycles. The highest BCUT2D eigenvalue weighted by atomic mass is 16.2. The van der Waals surface area contributed by atoms with Crippen molar-refractivity contribution in [2.24, 2.45) is 10.7 Å². The molecule has 2 aromatic rings. The Morgan fingerprint density at radius 1 is 1.11 bits per heavy atom. The Morgan fingerprint density at radius 3 is 2.57 bits per heavy atom. The van der Waals surface area contributed by atoms with Crippen LogP contribution in [0.3, 0.4) is 0 Å². The number of fused-ring (bicyclic) bond motifs is 1. The Labute approximate surface area is 207 Å². The lowest BCUT2D eigenvalue weighted by Gasteiger charge is -2.22. The second kappa shape index (κ2) is 11.2. The van der Waals surface area contributed by atoms with Gasteiger partial charge in [-0.05, 0) is 49.6 Å². The highest BCUT2D eigenvalue weighted by Gasteiger charge is 2.25. The van der Waals surface area contributed by atoms with Crippen molar-refractivity contribution in [1.82, 2.24) is 10.2 Å². The molecule has 4 rings (SSSR count). The SMILES string of the molecule is CCCN(CCC)C(=O)C1=Cc2ccc(C(=O)N[C@H]3CCN(c4ccccc4)C3)cc2N=C(N)C1. The van der Waals surface area contributed by atoms with Crippen molar-refractivity contribution in [1.29, 1.82) is 0 Å². The highest BCUT2D eigenvalue weighted by molar-refractivity contribution is 6.06. The van der Waals surface area contributed by atoms with Crippen molar-refractivity contribution in [2.75, 3.05) is 31.1 Å². The lowest BCUT2D eigenvalue weighted by Crippen LogP contribution is -2.37. The van der Waals surface area contributed by atoms with E-state index in [-0.39, 0.29) is 17.9 Å². The maximum atomic E-state index is 13.2. The van der Waals surface area contributed by atoms with Gasteiger partial charge >= 0.3 is 0 Å². The summed E-state index contributed by atoms with van der Waals surface area (Å²) in [5, 5.41) is 3.16. The van der Waals surface area contributed by atoms with Gasteiger partial charge in [-0.3, -0.25) is 9.59 Å². The van der Waals surface area contributed by atoms with Gasteiger partial charge in [-0.25, -0.2) is 4.99 Å². The lowest BCUT2D eigenvalue weighted by atomic mass is 10.0. The first kappa shape index (κ1) is 24.5. The van der Waals surface area contributed by atoms with Gasteiger partial charge in [0.05, 0.1) is 5.69 Å². The van der Waals surface area contributed by atoms with Crippen molar-refractivity contribution >= 4 is 35.1 Å². The van der Waals surface area contributed by atoms with Crippen molar-refractivity contribution < 1.29 is 9.59 Å². The zero-order chi connectivity index (χ0) is 24.8. The van der Waals surface area contributed by atoms with Crippen LogP contribution in [0, 0.1) is 0 Å². The maximum absolute atomic E-state index is 13.2. The van der Waals surface area contributed by atoms with Gasteiger partial charge in [0.1, 0.15) is 5.84 Å². The van der Waals surface area contributed by atoms with E-state index in [9.17, 15) is 9.59 Å². The molecule has 0 aliphatic carbocycles. The number of hydrogen-bond donors (Lipinski definition) is 2. The van der Waals surface area contributed by atoms with Crippen LogP contribution in [-0.4, -0.2) is 54.8 Å². The number of hydrogen-bond acceptors (Lipinski definition) is 5. The fourth-order valence-corrected chi connectivity index (χ4v) is 4.75. The molecule has 1 saturated heterocycles. The number of para-hydroxylation sites is 1. The molecule has 7 nitrogen and oxygen atoms in total. The van der Waals surface area contributed by atoms with Crippen LogP contribution in [0.25, 0.3) is 6.08 Å².